The third-order valence-corrected chi connectivity index (χ3v) is 5.98. The molecule has 158 valence electrons. The van der Waals surface area contributed by atoms with Crippen molar-refractivity contribution in [1.29, 1.82) is 0 Å². The molecule has 0 saturated heterocycles. The molecule has 0 bridgehead atoms. The van der Waals surface area contributed by atoms with Crippen LogP contribution >= 0.6 is 0 Å². The Balaban J connectivity index is 1.34. The van der Waals surface area contributed by atoms with Crippen LogP contribution in [0.1, 0.15) is 28.2 Å². The van der Waals surface area contributed by atoms with E-state index in [-0.39, 0.29) is 38.0 Å². The van der Waals surface area contributed by atoms with Gasteiger partial charge in [-0.15, -0.1) is 0 Å². The summed E-state index contributed by atoms with van der Waals surface area (Å²) in [6.45, 7) is 1.21. The first-order chi connectivity index (χ1) is 15.2. The van der Waals surface area contributed by atoms with Crippen LogP contribution in [0.5, 0.6) is 5.75 Å². The molecule has 0 radical (unpaired) electrons. The number of fused-ring (bicyclic) bond motifs is 4. The first kappa shape index (κ1) is 19.6. The molecule has 0 spiro atoms. The summed E-state index contributed by atoms with van der Waals surface area (Å²) in [7, 11) is 0. The third kappa shape index (κ3) is 3.53. The van der Waals surface area contributed by atoms with Crippen molar-refractivity contribution in [2.45, 2.75) is 19.0 Å². The molecule has 1 heterocycles. The van der Waals surface area contributed by atoms with Gasteiger partial charge in [0.25, 0.3) is 0 Å². The molecule has 2 N–H and O–H groups in total. The van der Waals surface area contributed by atoms with Crippen LogP contribution < -0.4 is 10.5 Å². The van der Waals surface area contributed by atoms with Crippen LogP contribution in [-0.4, -0.2) is 30.8 Å². The topological polar surface area (TPSA) is 64.8 Å². The monoisotopic (exact) mass is 418 g/mol. The maximum absolute atomic E-state index is 14.3. The van der Waals surface area contributed by atoms with E-state index < -0.39 is 11.9 Å². The lowest BCUT2D eigenvalue weighted by Gasteiger charge is -2.21. The highest BCUT2D eigenvalue weighted by atomic mass is 19.1. The Bertz CT molecular complexity index is 1100. The number of rotatable bonds is 3. The number of ether oxygens (including phenoxy) is 2. The molecule has 1 aliphatic carbocycles. The molecule has 1 aliphatic heterocycles. The first-order valence-corrected chi connectivity index (χ1v) is 10.4. The Hall–Kier alpha value is -3.38. The number of hydrogen-bond acceptors (Lipinski definition) is 4. The SMILES string of the molecule is NCc1cc(F)c2c(c1)CN(C(=O)OCC1c3ccccc3-c3ccccc31)CCO2. The van der Waals surface area contributed by atoms with Gasteiger partial charge in [0.15, 0.2) is 11.6 Å². The Labute approximate surface area is 180 Å². The quantitative estimate of drug-likeness (QED) is 0.684. The second kappa shape index (κ2) is 8.04. The highest BCUT2D eigenvalue weighted by molar-refractivity contribution is 5.79. The van der Waals surface area contributed by atoms with Crippen LogP contribution in [0.15, 0.2) is 60.7 Å². The minimum atomic E-state index is -0.452. The normalized spacial score (nSPS) is 14.8. The van der Waals surface area contributed by atoms with Gasteiger partial charge in [-0.2, -0.15) is 0 Å². The largest absolute Gasteiger partial charge is 0.488 e. The lowest BCUT2D eigenvalue weighted by molar-refractivity contribution is 0.0947. The van der Waals surface area contributed by atoms with Crippen LogP contribution in [0.2, 0.25) is 0 Å². The highest BCUT2D eigenvalue weighted by Crippen LogP contribution is 2.44. The van der Waals surface area contributed by atoms with E-state index in [1.807, 2.05) is 24.3 Å². The zero-order valence-electron chi connectivity index (χ0n) is 17.0. The number of carbonyl (C=O) groups is 1. The molecule has 5 nitrogen and oxygen atoms in total. The molecule has 0 fully saturated rings. The van der Waals surface area contributed by atoms with Crippen molar-refractivity contribution >= 4 is 6.09 Å². The zero-order chi connectivity index (χ0) is 21.4. The van der Waals surface area contributed by atoms with Crippen molar-refractivity contribution < 1.29 is 18.7 Å². The van der Waals surface area contributed by atoms with Gasteiger partial charge in [0, 0.05) is 18.0 Å². The number of amides is 1. The number of halogens is 1. The summed E-state index contributed by atoms with van der Waals surface area (Å²) in [6, 6.07) is 19.6. The Morgan fingerprint density at radius 3 is 2.45 bits per heavy atom. The summed E-state index contributed by atoms with van der Waals surface area (Å²) in [5.41, 5.74) is 11.6. The van der Waals surface area contributed by atoms with Crippen LogP contribution in [0.4, 0.5) is 9.18 Å². The Morgan fingerprint density at radius 1 is 1.10 bits per heavy atom. The van der Waals surface area contributed by atoms with E-state index in [9.17, 15) is 9.18 Å². The van der Waals surface area contributed by atoms with Gasteiger partial charge in [0.05, 0.1) is 13.1 Å². The maximum atomic E-state index is 14.3. The molecular formula is C25H23FN2O3. The summed E-state index contributed by atoms with van der Waals surface area (Å²) in [6.07, 6.45) is -0.433. The minimum absolute atomic E-state index is 0.00634. The molecule has 31 heavy (non-hydrogen) atoms. The lowest BCUT2D eigenvalue weighted by Crippen LogP contribution is -2.33. The molecule has 0 unspecified atom stereocenters. The van der Waals surface area contributed by atoms with Gasteiger partial charge >= 0.3 is 6.09 Å². The number of benzene rings is 3. The summed E-state index contributed by atoms with van der Waals surface area (Å²) >= 11 is 0. The lowest BCUT2D eigenvalue weighted by atomic mass is 9.98. The fourth-order valence-corrected chi connectivity index (χ4v) is 4.49. The van der Waals surface area contributed by atoms with E-state index in [0.717, 1.165) is 11.1 Å². The maximum Gasteiger partial charge on any atom is 0.410 e. The second-order valence-electron chi connectivity index (χ2n) is 7.84. The molecule has 0 aromatic heterocycles. The zero-order valence-corrected chi connectivity index (χ0v) is 17.0. The van der Waals surface area contributed by atoms with Crippen molar-refractivity contribution in [2.24, 2.45) is 5.73 Å². The molecule has 1 amide bonds. The summed E-state index contributed by atoms with van der Waals surface area (Å²) < 4.78 is 25.7. The van der Waals surface area contributed by atoms with Gasteiger partial charge in [-0.3, -0.25) is 0 Å². The Kier molecular flexibility index (Phi) is 5.08. The average Bonchev–Trinajstić information content (AvgIpc) is 2.95. The van der Waals surface area contributed by atoms with E-state index >= 15 is 0 Å². The number of nitrogens with two attached hydrogens (primary N) is 1. The van der Waals surface area contributed by atoms with Gasteiger partial charge in [-0.05, 0) is 39.9 Å². The molecule has 0 atom stereocenters. The minimum Gasteiger partial charge on any atom is -0.488 e. The summed E-state index contributed by atoms with van der Waals surface area (Å²) in [5.74, 6) is -0.272. The van der Waals surface area contributed by atoms with E-state index in [2.05, 4.69) is 24.3 Å². The molecule has 5 rings (SSSR count). The molecule has 2 aliphatic rings. The second-order valence-corrected chi connectivity index (χ2v) is 7.84. The first-order valence-electron chi connectivity index (χ1n) is 10.4. The van der Waals surface area contributed by atoms with Gasteiger partial charge in [-0.1, -0.05) is 48.5 Å². The van der Waals surface area contributed by atoms with E-state index in [4.69, 9.17) is 15.2 Å². The van der Waals surface area contributed by atoms with E-state index in [1.165, 1.54) is 17.2 Å². The smallest absolute Gasteiger partial charge is 0.410 e. The van der Waals surface area contributed by atoms with Crippen molar-refractivity contribution in [3.05, 3.63) is 88.7 Å². The van der Waals surface area contributed by atoms with Crippen LogP contribution in [-0.2, 0) is 17.8 Å². The predicted octanol–water partition coefficient (Wildman–Crippen LogP) is 4.43. The number of carbonyl (C=O) groups excluding carboxylic acids is 1. The van der Waals surface area contributed by atoms with Crippen LogP contribution in [0, 0.1) is 5.82 Å². The van der Waals surface area contributed by atoms with Crippen molar-refractivity contribution in [3.63, 3.8) is 0 Å². The standard InChI is InChI=1S/C25H23FN2O3/c26-23-12-16(13-27)11-17-14-28(9-10-30-24(17)23)25(29)31-15-22-20-7-3-1-5-18(20)19-6-2-4-8-21(19)22/h1-8,11-12,22H,9-10,13-15,27H2. The molecule has 3 aromatic carbocycles. The predicted molar refractivity (Wildman–Crippen MR) is 115 cm³/mol. The van der Waals surface area contributed by atoms with Crippen molar-refractivity contribution in [3.8, 4) is 16.9 Å². The van der Waals surface area contributed by atoms with Gasteiger partial charge in [0.2, 0.25) is 0 Å². The van der Waals surface area contributed by atoms with Gasteiger partial charge in [0.1, 0.15) is 13.2 Å². The molecular weight excluding hydrogens is 395 g/mol. The average molecular weight is 418 g/mol. The summed E-state index contributed by atoms with van der Waals surface area (Å²) in [4.78, 5) is 14.5. The fourth-order valence-electron chi connectivity index (χ4n) is 4.49. The summed E-state index contributed by atoms with van der Waals surface area (Å²) in [5, 5.41) is 0. The molecule has 3 aromatic rings. The Morgan fingerprint density at radius 2 is 1.77 bits per heavy atom. The third-order valence-electron chi connectivity index (χ3n) is 5.98. The van der Waals surface area contributed by atoms with Crippen LogP contribution in [0.25, 0.3) is 11.1 Å². The van der Waals surface area contributed by atoms with E-state index in [0.29, 0.717) is 17.7 Å². The van der Waals surface area contributed by atoms with Crippen molar-refractivity contribution in [2.75, 3.05) is 19.8 Å². The molecule has 0 saturated carbocycles. The fraction of sp³-hybridized carbons (Fsp3) is 0.240. The number of hydrogen-bond donors (Lipinski definition) is 1. The molecule has 6 heteroatoms. The van der Waals surface area contributed by atoms with Crippen LogP contribution in [0.3, 0.4) is 0 Å². The van der Waals surface area contributed by atoms with Crippen molar-refractivity contribution in [1.82, 2.24) is 4.90 Å². The van der Waals surface area contributed by atoms with Gasteiger partial charge < -0.3 is 20.1 Å². The van der Waals surface area contributed by atoms with E-state index in [1.54, 1.807) is 11.0 Å². The number of nitrogens with zero attached hydrogens (tertiary/aromatic N) is 1. The van der Waals surface area contributed by atoms with Gasteiger partial charge in [-0.25, -0.2) is 9.18 Å². The highest BCUT2D eigenvalue weighted by Gasteiger charge is 2.30.